The predicted octanol–water partition coefficient (Wildman–Crippen LogP) is 2.16. The average molecular weight is 269 g/mol. The molecule has 4 heteroatoms. The highest BCUT2D eigenvalue weighted by atomic mass is 35.5. The van der Waals surface area contributed by atoms with Gasteiger partial charge in [-0.15, -0.1) is 12.4 Å². The number of rotatable bonds is 3. The minimum atomic E-state index is 0. The Morgan fingerprint density at radius 1 is 1.44 bits per heavy atom. The van der Waals surface area contributed by atoms with Crippen LogP contribution in [-0.2, 0) is 11.2 Å². The van der Waals surface area contributed by atoms with E-state index >= 15 is 0 Å². The monoisotopic (exact) mass is 268 g/mol. The normalized spacial score (nSPS) is 17.9. The SMILES string of the molecule is CNCCC(=O)N1CCc2ccccc2C1C.Cl. The maximum Gasteiger partial charge on any atom is 0.224 e. The van der Waals surface area contributed by atoms with E-state index in [0.717, 1.165) is 19.5 Å². The molecule has 1 N–H and O–H groups in total. The molecule has 0 bridgehead atoms. The van der Waals surface area contributed by atoms with Gasteiger partial charge in [-0.2, -0.15) is 0 Å². The van der Waals surface area contributed by atoms with Gasteiger partial charge >= 0.3 is 0 Å². The van der Waals surface area contributed by atoms with E-state index < -0.39 is 0 Å². The van der Waals surface area contributed by atoms with Crippen molar-refractivity contribution in [2.24, 2.45) is 0 Å². The number of nitrogens with one attached hydrogen (secondary N) is 1. The summed E-state index contributed by atoms with van der Waals surface area (Å²) in [4.78, 5) is 14.1. The van der Waals surface area contributed by atoms with Crippen LogP contribution < -0.4 is 5.32 Å². The number of benzene rings is 1. The van der Waals surface area contributed by atoms with Crippen molar-refractivity contribution in [2.45, 2.75) is 25.8 Å². The number of carbonyl (C=O) groups is 1. The highest BCUT2D eigenvalue weighted by Crippen LogP contribution is 2.29. The molecule has 1 atom stereocenters. The van der Waals surface area contributed by atoms with E-state index in [1.54, 1.807) is 0 Å². The maximum absolute atomic E-state index is 12.1. The number of nitrogens with zero attached hydrogens (tertiary/aromatic N) is 1. The predicted molar refractivity (Wildman–Crippen MR) is 76.1 cm³/mol. The summed E-state index contributed by atoms with van der Waals surface area (Å²) in [5, 5.41) is 3.02. The summed E-state index contributed by atoms with van der Waals surface area (Å²) in [6.07, 6.45) is 1.56. The Bertz CT molecular complexity index is 409. The lowest BCUT2D eigenvalue weighted by Gasteiger charge is -2.35. The number of halogens is 1. The van der Waals surface area contributed by atoms with Gasteiger partial charge in [-0.25, -0.2) is 0 Å². The van der Waals surface area contributed by atoms with Crippen LogP contribution in [-0.4, -0.2) is 30.9 Å². The minimum Gasteiger partial charge on any atom is -0.336 e. The third-order valence-corrected chi connectivity index (χ3v) is 3.50. The molecule has 1 heterocycles. The Morgan fingerprint density at radius 3 is 2.89 bits per heavy atom. The number of fused-ring (bicyclic) bond motifs is 1. The molecular formula is C14H21ClN2O. The van der Waals surface area contributed by atoms with Gasteiger partial charge in [0, 0.05) is 19.5 Å². The molecule has 2 rings (SSSR count). The number of carbonyl (C=O) groups excluding carboxylic acids is 1. The molecular weight excluding hydrogens is 248 g/mol. The van der Waals surface area contributed by atoms with Gasteiger partial charge in [-0.05, 0) is 31.5 Å². The molecule has 1 aliphatic rings. The zero-order valence-electron chi connectivity index (χ0n) is 11.0. The maximum atomic E-state index is 12.1. The van der Waals surface area contributed by atoms with Crippen molar-refractivity contribution in [1.29, 1.82) is 0 Å². The van der Waals surface area contributed by atoms with Crippen molar-refractivity contribution in [3.05, 3.63) is 35.4 Å². The van der Waals surface area contributed by atoms with Gasteiger partial charge in [0.05, 0.1) is 6.04 Å². The summed E-state index contributed by atoms with van der Waals surface area (Å²) in [5.74, 6) is 0.251. The molecule has 0 saturated carbocycles. The highest BCUT2D eigenvalue weighted by molar-refractivity contribution is 5.85. The Labute approximate surface area is 115 Å². The van der Waals surface area contributed by atoms with Crippen molar-refractivity contribution in [3.63, 3.8) is 0 Å². The van der Waals surface area contributed by atoms with E-state index in [0.29, 0.717) is 6.42 Å². The van der Waals surface area contributed by atoms with Crippen LogP contribution in [0.5, 0.6) is 0 Å². The topological polar surface area (TPSA) is 32.3 Å². The van der Waals surface area contributed by atoms with Crippen LogP contribution in [0.3, 0.4) is 0 Å². The molecule has 0 radical (unpaired) electrons. The van der Waals surface area contributed by atoms with E-state index in [-0.39, 0.29) is 24.4 Å². The highest BCUT2D eigenvalue weighted by Gasteiger charge is 2.26. The summed E-state index contributed by atoms with van der Waals surface area (Å²) in [5.41, 5.74) is 2.69. The van der Waals surface area contributed by atoms with Crippen LogP contribution in [0.2, 0.25) is 0 Å². The van der Waals surface area contributed by atoms with Gasteiger partial charge in [0.2, 0.25) is 5.91 Å². The number of hydrogen-bond acceptors (Lipinski definition) is 2. The number of hydrogen-bond donors (Lipinski definition) is 1. The van der Waals surface area contributed by atoms with Gasteiger partial charge in [0.25, 0.3) is 0 Å². The molecule has 0 saturated heterocycles. The first-order chi connectivity index (χ1) is 8.24. The molecule has 0 spiro atoms. The van der Waals surface area contributed by atoms with Crippen molar-refractivity contribution in [1.82, 2.24) is 10.2 Å². The number of amides is 1. The van der Waals surface area contributed by atoms with Gasteiger partial charge in [-0.1, -0.05) is 24.3 Å². The van der Waals surface area contributed by atoms with Gasteiger partial charge in [-0.3, -0.25) is 4.79 Å². The zero-order valence-corrected chi connectivity index (χ0v) is 11.8. The Kier molecular flexibility index (Phi) is 5.63. The first-order valence-corrected chi connectivity index (χ1v) is 6.26. The molecule has 0 aliphatic carbocycles. The second-order valence-electron chi connectivity index (χ2n) is 4.57. The molecule has 1 unspecified atom stereocenters. The minimum absolute atomic E-state index is 0. The Morgan fingerprint density at radius 2 is 2.17 bits per heavy atom. The molecule has 3 nitrogen and oxygen atoms in total. The second-order valence-corrected chi connectivity index (χ2v) is 4.57. The lowest BCUT2D eigenvalue weighted by atomic mass is 9.93. The lowest BCUT2D eigenvalue weighted by Crippen LogP contribution is -2.39. The molecule has 1 aliphatic heterocycles. The van der Waals surface area contributed by atoms with Crippen molar-refractivity contribution in [2.75, 3.05) is 20.1 Å². The van der Waals surface area contributed by atoms with Crippen molar-refractivity contribution >= 4 is 18.3 Å². The first kappa shape index (κ1) is 15.0. The summed E-state index contributed by atoms with van der Waals surface area (Å²) < 4.78 is 0. The van der Waals surface area contributed by atoms with Gasteiger partial charge in [0.1, 0.15) is 0 Å². The van der Waals surface area contributed by atoms with E-state index in [1.165, 1.54) is 11.1 Å². The summed E-state index contributed by atoms with van der Waals surface area (Å²) in [6.45, 7) is 3.72. The summed E-state index contributed by atoms with van der Waals surface area (Å²) in [7, 11) is 1.88. The van der Waals surface area contributed by atoms with E-state index in [2.05, 4.69) is 36.5 Å². The fourth-order valence-electron chi connectivity index (χ4n) is 2.49. The standard InChI is InChI=1S/C14H20N2O.ClH/c1-11-13-6-4-3-5-12(13)8-10-16(11)14(17)7-9-15-2;/h3-6,11,15H,7-10H2,1-2H3;1H. The molecule has 100 valence electrons. The smallest absolute Gasteiger partial charge is 0.224 e. The Balaban J connectivity index is 0.00000162. The summed E-state index contributed by atoms with van der Waals surface area (Å²) in [6, 6.07) is 8.64. The molecule has 1 aromatic rings. The van der Waals surface area contributed by atoms with Crippen molar-refractivity contribution in [3.8, 4) is 0 Å². The molecule has 18 heavy (non-hydrogen) atoms. The molecule has 0 aromatic heterocycles. The van der Waals surface area contributed by atoms with Crippen LogP contribution in [0.15, 0.2) is 24.3 Å². The van der Waals surface area contributed by atoms with Crippen LogP contribution in [0.1, 0.15) is 30.5 Å². The Hall–Kier alpha value is -1.06. The lowest BCUT2D eigenvalue weighted by molar-refractivity contribution is -0.133. The zero-order chi connectivity index (χ0) is 12.3. The summed E-state index contributed by atoms with van der Waals surface area (Å²) >= 11 is 0. The average Bonchev–Trinajstić information content (AvgIpc) is 2.37. The molecule has 1 amide bonds. The fourth-order valence-corrected chi connectivity index (χ4v) is 2.49. The van der Waals surface area contributed by atoms with E-state index in [1.807, 2.05) is 11.9 Å². The molecule has 0 fully saturated rings. The largest absolute Gasteiger partial charge is 0.336 e. The van der Waals surface area contributed by atoms with Crippen LogP contribution in [0.25, 0.3) is 0 Å². The van der Waals surface area contributed by atoms with E-state index in [9.17, 15) is 4.79 Å². The van der Waals surface area contributed by atoms with Crippen LogP contribution in [0.4, 0.5) is 0 Å². The van der Waals surface area contributed by atoms with E-state index in [4.69, 9.17) is 0 Å². The van der Waals surface area contributed by atoms with Gasteiger partial charge in [0.15, 0.2) is 0 Å². The third kappa shape index (κ3) is 3.03. The quantitative estimate of drug-likeness (QED) is 0.911. The van der Waals surface area contributed by atoms with Crippen LogP contribution in [0, 0.1) is 0 Å². The second kappa shape index (κ2) is 6.76. The van der Waals surface area contributed by atoms with Crippen LogP contribution >= 0.6 is 12.4 Å². The third-order valence-electron chi connectivity index (χ3n) is 3.50. The molecule has 1 aromatic carbocycles. The van der Waals surface area contributed by atoms with Crippen molar-refractivity contribution < 1.29 is 4.79 Å². The van der Waals surface area contributed by atoms with Gasteiger partial charge < -0.3 is 10.2 Å². The fraction of sp³-hybridized carbons (Fsp3) is 0.500. The first-order valence-electron chi connectivity index (χ1n) is 6.26.